The van der Waals surface area contributed by atoms with Gasteiger partial charge in [0.25, 0.3) is 5.56 Å². The van der Waals surface area contributed by atoms with Crippen LogP contribution in [0.4, 0.5) is 0 Å². The molecule has 0 saturated heterocycles. The highest BCUT2D eigenvalue weighted by Gasteiger charge is 2.06. The minimum atomic E-state index is -0.194. The minimum Gasteiger partial charge on any atom is -0.297 e. The molecule has 0 fully saturated rings. The van der Waals surface area contributed by atoms with Crippen LogP contribution in [0.1, 0.15) is 6.92 Å². The van der Waals surface area contributed by atoms with Crippen molar-refractivity contribution in [1.82, 2.24) is 9.55 Å². The normalized spacial score (nSPS) is 12.2. The summed E-state index contributed by atoms with van der Waals surface area (Å²) in [6.07, 6.45) is 1.50. The van der Waals surface area contributed by atoms with Gasteiger partial charge in [0.2, 0.25) is 0 Å². The number of hydrogen-bond donors (Lipinski definition) is 0. The monoisotopic (exact) mass is 213 g/mol. The number of nitriles is 1. The number of aromatic nitrogens is 2. The molecule has 4 nitrogen and oxygen atoms in total. The Hall–Kier alpha value is -2.15. The third-order valence-electron chi connectivity index (χ3n) is 2.42. The molecule has 4 heteroatoms. The molecule has 0 bridgehead atoms. The summed E-state index contributed by atoms with van der Waals surface area (Å²) >= 11 is 0. The highest BCUT2D eigenvalue weighted by molar-refractivity contribution is 5.76. The summed E-state index contributed by atoms with van der Waals surface area (Å²) in [6.45, 7) is 2.16. The van der Waals surface area contributed by atoms with E-state index >= 15 is 0 Å². The van der Waals surface area contributed by atoms with Gasteiger partial charge >= 0.3 is 0 Å². The summed E-state index contributed by atoms with van der Waals surface area (Å²) in [7, 11) is 0. The van der Waals surface area contributed by atoms with Gasteiger partial charge in [-0.05, 0) is 19.1 Å². The maximum absolute atomic E-state index is 12.0. The molecule has 16 heavy (non-hydrogen) atoms. The van der Waals surface area contributed by atoms with Gasteiger partial charge in [0.05, 0.1) is 29.2 Å². The van der Waals surface area contributed by atoms with Crippen LogP contribution < -0.4 is 5.56 Å². The van der Waals surface area contributed by atoms with Gasteiger partial charge < -0.3 is 0 Å². The van der Waals surface area contributed by atoms with Gasteiger partial charge in [-0.2, -0.15) is 5.26 Å². The summed E-state index contributed by atoms with van der Waals surface area (Å²) < 4.78 is 1.48. The Morgan fingerprint density at radius 2 is 2.25 bits per heavy atom. The Kier molecular flexibility index (Phi) is 2.69. The van der Waals surface area contributed by atoms with Crippen LogP contribution >= 0.6 is 0 Å². The SMILES string of the molecule is CC(C#N)Cn1cnc2ccccc2c1=O. The number of nitrogens with zero attached hydrogens (tertiary/aromatic N) is 3. The van der Waals surface area contributed by atoms with Gasteiger partial charge in [-0.25, -0.2) is 4.98 Å². The predicted molar refractivity (Wildman–Crippen MR) is 60.8 cm³/mol. The Morgan fingerprint density at radius 3 is 3.00 bits per heavy atom. The summed E-state index contributed by atoms with van der Waals surface area (Å²) in [5.74, 6) is -0.194. The van der Waals surface area contributed by atoms with E-state index in [1.54, 1.807) is 19.1 Å². The van der Waals surface area contributed by atoms with E-state index in [-0.39, 0.29) is 11.5 Å². The van der Waals surface area contributed by atoms with Crippen LogP contribution in [0.2, 0.25) is 0 Å². The first-order valence-corrected chi connectivity index (χ1v) is 5.06. The summed E-state index contributed by atoms with van der Waals surface area (Å²) in [5.41, 5.74) is 0.598. The lowest BCUT2D eigenvalue weighted by Gasteiger charge is -2.07. The maximum Gasteiger partial charge on any atom is 0.261 e. The van der Waals surface area contributed by atoms with Crippen molar-refractivity contribution in [2.45, 2.75) is 13.5 Å². The minimum absolute atomic E-state index is 0.0901. The first kappa shape index (κ1) is 10.4. The second-order valence-corrected chi connectivity index (χ2v) is 3.75. The molecule has 1 unspecified atom stereocenters. The second-order valence-electron chi connectivity index (χ2n) is 3.75. The molecule has 0 aliphatic heterocycles. The molecule has 0 aliphatic carbocycles. The standard InChI is InChI=1S/C12H11N3O/c1-9(6-13)7-15-8-14-11-5-3-2-4-10(11)12(15)16/h2-5,8-9H,7H2,1H3. The van der Waals surface area contributed by atoms with Crippen molar-refractivity contribution in [3.63, 3.8) is 0 Å². The molecule has 1 aromatic heterocycles. The highest BCUT2D eigenvalue weighted by Crippen LogP contribution is 2.05. The zero-order chi connectivity index (χ0) is 11.5. The highest BCUT2D eigenvalue weighted by atomic mass is 16.1. The summed E-state index contributed by atoms with van der Waals surface area (Å²) in [4.78, 5) is 16.2. The average Bonchev–Trinajstić information content (AvgIpc) is 2.33. The van der Waals surface area contributed by atoms with Crippen molar-refractivity contribution < 1.29 is 0 Å². The van der Waals surface area contributed by atoms with E-state index < -0.39 is 0 Å². The van der Waals surface area contributed by atoms with E-state index in [1.807, 2.05) is 12.1 Å². The van der Waals surface area contributed by atoms with E-state index in [2.05, 4.69) is 11.1 Å². The number of rotatable bonds is 2. The van der Waals surface area contributed by atoms with Crippen molar-refractivity contribution >= 4 is 10.9 Å². The van der Waals surface area contributed by atoms with Gasteiger partial charge in [0.1, 0.15) is 0 Å². The van der Waals surface area contributed by atoms with Crippen LogP contribution in [0.15, 0.2) is 35.4 Å². The van der Waals surface area contributed by atoms with Crippen molar-refractivity contribution in [2.24, 2.45) is 5.92 Å². The molecule has 0 aliphatic rings. The van der Waals surface area contributed by atoms with E-state index in [0.717, 1.165) is 0 Å². The van der Waals surface area contributed by atoms with Gasteiger partial charge in [-0.3, -0.25) is 9.36 Å². The Morgan fingerprint density at radius 1 is 1.50 bits per heavy atom. The molecule has 1 aromatic carbocycles. The van der Waals surface area contributed by atoms with Crippen molar-refractivity contribution in [3.05, 3.63) is 40.9 Å². The Bertz CT molecular complexity index is 609. The van der Waals surface area contributed by atoms with E-state index in [9.17, 15) is 4.79 Å². The van der Waals surface area contributed by atoms with Gasteiger partial charge in [-0.15, -0.1) is 0 Å². The zero-order valence-electron chi connectivity index (χ0n) is 8.92. The lowest BCUT2D eigenvalue weighted by Crippen LogP contribution is -2.23. The molecule has 0 saturated carbocycles. The average molecular weight is 213 g/mol. The largest absolute Gasteiger partial charge is 0.297 e. The third-order valence-corrected chi connectivity index (χ3v) is 2.42. The van der Waals surface area contributed by atoms with Crippen LogP contribution in [0.25, 0.3) is 10.9 Å². The fourth-order valence-electron chi connectivity index (χ4n) is 1.57. The lowest BCUT2D eigenvalue weighted by atomic mass is 10.2. The zero-order valence-corrected chi connectivity index (χ0v) is 8.92. The molecular weight excluding hydrogens is 202 g/mol. The molecule has 2 rings (SSSR count). The van der Waals surface area contributed by atoms with E-state index in [4.69, 9.17) is 5.26 Å². The van der Waals surface area contributed by atoms with Crippen LogP contribution in [0.5, 0.6) is 0 Å². The van der Waals surface area contributed by atoms with Gasteiger partial charge in [0.15, 0.2) is 0 Å². The molecule has 0 N–H and O–H groups in total. The molecule has 0 spiro atoms. The third kappa shape index (κ3) is 1.80. The topological polar surface area (TPSA) is 58.7 Å². The molecule has 0 radical (unpaired) electrons. The lowest BCUT2D eigenvalue weighted by molar-refractivity contribution is 0.560. The van der Waals surface area contributed by atoms with E-state index in [1.165, 1.54) is 10.9 Å². The molecular formula is C12H11N3O. The van der Waals surface area contributed by atoms with Crippen LogP contribution in [-0.4, -0.2) is 9.55 Å². The Labute approximate surface area is 92.8 Å². The molecule has 2 aromatic rings. The molecule has 0 amide bonds. The predicted octanol–water partition coefficient (Wildman–Crippen LogP) is 1.56. The van der Waals surface area contributed by atoms with Gasteiger partial charge in [0, 0.05) is 6.54 Å². The second kappa shape index (κ2) is 4.15. The van der Waals surface area contributed by atoms with Gasteiger partial charge in [-0.1, -0.05) is 12.1 Å². The Balaban J connectivity index is 2.54. The smallest absolute Gasteiger partial charge is 0.261 e. The van der Waals surface area contributed by atoms with Crippen molar-refractivity contribution in [2.75, 3.05) is 0 Å². The molecule has 80 valence electrons. The van der Waals surface area contributed by atoms with Crippen molar-refractivity contribution in [3.8, 4) is 6.07 Å². The number of hydrogen-bond acceptors (Lipinski definition) is 3. The quantitative estimate of drug-likeness (QED) is 0.760. The molecule has 1 atom stereocenters. The first-order chi connectivity index (χ1) is 7.72. The van der Waals surface area contributed by atoms with Crippen LogP contribution in [0, 0.1) is 17.2 Å². The number of fused-ring (bicyclic) bond motifs is 1. The number of para-hydroxylation sites is 1. The summed E-state index contributed by atoms with van der Waals surface area (Å²) in [6, 6.07) is 9.30. The fraction of sp³-hybridized carbons (Fsp3) is 0.250. The molecule has 1 heterocycles. The first-order valence-electron chi connectivity index (χ1n) is 5.06. The fourth-order valence-corrected chi connectivity index (χ4v) is 1.57. The summed E-state index contributed by atoms with van der Waals surface area (Å²) in [5, 5.41) is 9.31. The van der Waals surface area contributed by atoms with Crippen molar-refractivity contribution in [1.29, 1.82) is 5.26 Å². The van der Waals surface area contributed by atoms with E-state index in [0.29, 0.717) is 17.4 Å². The van der Waals surface area contributed by atoms with Crippen LogP contribution in [-0.2, 0) is 6.54 Å². The maximum atomic E-state index is 12.0. The number of benzene rings is 1. The van der Waals surface area contributed by atoms with Crippen LogP contribution in [0.3, 0.4) is 0 Å².